The topological polar surface area (TPSA) is 12.0 Å². The van der Waals surface area contributed by atoms with E-state index in [0.717, 1.165) is 18.6 Å². The van der Waals surface area contributed by atoms with Crippen molar-refractivity contribution in [2.24, 2.45) is 0 Å². The number of hydrogen-bond acceptors (Lipinski definition) is 1. The molecule has 112 valence electrons. The highest BCUT2D eigenvalue weighted by molar-refractivity contribution is 6.34. The number of nitrogens with one attached hydrogen (secondary N) is 1. The molecule has 1 nitrogen and oxygen atoms in total. The molecule has 21 heavy (non-hydrogen) atoms. The van der Waals surface area contributed by atoms with Crippen LogP contribution in [0.5, 0.6) is 0 Å². The van der Waals surface area contributed by atoms with Crippen LogP contribution in [0.2, 0.25) is 10.0 Å². The Bertz CT molecular complexity index is 611. The first kappa shape index (κ1) is 16.2. The summed E-state index contributed by atoms with van der Waals surface area (Å²) in [7, 11) is 0. The van der Waals surface area contributed by atoms with Gasteiger partial charge in [-0.3, -0.25) is 0 Å². The van der Waals surface area contributed by atoms with E-state index >= 15 is 0 Å². The van der Waals surface area contributed by atoms with Crippen molar-refractivity contribution in [2.75, 3.05) is 6.54 Å². The standard InChI is InChI=1S/C16H15Cl2F2N/c1-2-5-21-16(10-6-11(17)8-12(18)7-10)14-9-13(19)3-4-15(14)20/h3-4,6-9,16,21H,2,5H2,1H3. The lowest BCUT2D eigenvalue weighted by molar-refractivity contribution is 0.535. The largest absolute Gasteiger partial charge is 0.306 e. The third-order valence-corrected chi connectivity index (χ3v) is 3.52. The van der Waals surface area contributed by atoms with Gasteiger partial charge in [0, 0.05) is 15.6 Å². The Morgan fingerprint density at radius 2 is 1.71 bits per heavy atom. The molecule has 0 saturated heterocycles. The maximum atomic E-state index is 14.1. The van der Waals surface area contributed by atoms with Gasteiger partial charge >= 0.3 is 0 Å². The summed E-state index contributed by atoms with van der Waals surface area (Å²) in [5, 5.41) is 4.11. The van der Waals surface area contributed by atoms with Gasteiger partial charge in [0.2, 0.25) is 0 Å². The van der Waals surface area contributed by atoms with Gasteiger partial charge in [-0.1, -0.05) is 30.1 Å². The quantitative estimate of drug-likeness (QED) is 0.778. The number of hydrogen-bond donors (Lipinski definition) is 1. The Labute approximate surface area is 132 Å². The van der Waals surface area contributed by atoms with Crippen molar-refractivity contribution in [3.05, 3.63) is 69.2 Å². The fourth-order valence-electron chi connectivity index (χ4n) is 2.17. The van der Waals surface area contributed by atoms with Gasteiger partial charge in [0.25, 0.3) is 0 Å². The first-order valence-electron chi connectivity index (χ1n) is 6.65. The zero-order chi connectivity index (χ0) is 15.4. The maximum absolute atomic E-state index is 14.1. The van der Waals surface area contributed by atoms with Gasteiger partial charge in [-0.2, -0.15) is 0 Å². The molecular weight excluding hydrogens is 315 g/mol. The predicted molar refractivity (Wildman–Crippen MR) is 83.0 cm³/mol. The smallest absolute Gasteiger partial charge is 0.128 e. The van der Waals surface area contributed by atoms with Gasteiger partial charge in [0.05, 0.1) is 6.04 Å². The molecule has 2 aromatic carbocycles. The van der Waals surface area contributed by atoms with Gasteiger partial charge in [-0.05, 0) is 54.9 Å². The highest BCUT2D eigenvalue weighted by Gasteiger charge is 2.19. The summed E-state index contributed by atoms with van der Waals surface area (Å²) < 4.78 is 27.5. The summed E-state index contributed by atoms with van der Waals surface area (Å²) in [6, 6.07) is 7.91. The number of benzene rings is 2. The summed E-state index contributed by atoms with van der Waals surface area (Å²) in [6.45, 7) is 2.65. The van der Waals surface area contributed by atoms with Crippen molar-refractivity contribution in [1.29, 1.82) is 0 Å². The Hall–Kier alpha value is -1.16. The van der Waals surface area contributed by atoms with E-state index < -0.39 is 17.7 Å². The number of halogens is 4. The monoisotopic (exact) mass is 329 g/mol. The molecule has 0 fully saturated rings. The molecule has 0 heterocycles. The van der Waals surface area contributed by atoms with E-state index in [0.29, 0.717) is 22.2 Å². The minimum absolute atomic E-state index is 0.238. The minimum Gasteiger partial charge on any atom is -0.306 e. The van der Waals surface area contributed by atoms with Gasteiger partial charge in [-0.25, -0.2) is 8.78 Å². The highest BCUT2D eigenvalue weighted by Crippen LogP contribution is 2.29. The van der Waals surface area contributed by atoms with E-state index in [1.807, 2.05) is 6.92 Å². The van der Waals surface area contributed by atoms with Crippen LogP contribution in [-0.2, 0) is 0 Å². The lowest BCUT2D eigenvalue weighted by atomic mass is 9.98. The maximum Gasteiger partial charge on any atom is 0.128 e. The Kier molecular flexibility index (Phi) is 5.57. The van der Waals surface area contributed by atoms with E-state index in [9.17, 15) is 8.78 Å². The average Bonchev–Trinajstić information content (AvgIpc) is 2.42. The molecule has 0 bridgehead atoms. The van der Waals surface area contributed by atoms with Crippen LogP contribution in [0.1, 0.15) is 30.5 Å². The predicted octanol–water partition coefficient (Wildman–Crippen LogP) is 5.36. The van der Waals surface area contributed by atoms with Crippen molar-refractivity contribution >= 4 is 23.2 Å². The fourth-order valence-corrected chi connectivity index (χ4v) is 2.72. The molecule has 1 N–H and O–H groups in total. The van der Waals surface area contributed by atoms with E-state index in [1.165, 1.54) is 6.07 Å². The minimum atomic E-state index is -0.503. The molecule has 1 atom stereocenters. The molecular formula is C16H15Cl2F2N. The summed E-state index contributed by atoms with van der Waals surface area (Å²) in [5.74, 6) is -0.955. The SMILES string of the molecule is CCCNC(c1cc(Cl)cc(Cl)c1)c1cc(F)ccc1F. The normalized spacial score (nSPS) is 12.4. The third kappa shape index (κ3) is 4.16. The molecule has 2 rings (SSSR count). The van der Waals surface area contributed by atoms with Crippen LogP contribution in [0.15, 0.2) is 36.4 Å². The van der Waals surface area contributed by atoms with Crippen LogP contribution in [0.3, 0.4) is 0 Å². The van der Waals surface area contributed by atoms with Crippen molar-refractivity contribution in [3.63, 3.8) is 0 Å². The molecule has 0 aliphatic carbocycles. The van der Waals surface area contributed by atoms with Crippen LogP contribution in [0.25, 0.3) is 0 Å². The Morgan fingerprint density at radius 3 is 2.33 bits per heavy atom. The van der Waals surface area contributed by atoms with Crippen molar-refractivity contribution in [3.8, 4) is 0 Å². The van der Waals surface area contributed by atoms with Crippen molar-refractivity contribution in [1.82, 2.24) is 5.32 Å². The number of rotatable bonds is 5. The van der Waals surface area contributed by atoms with Gasteiger partial charge in [-0.15, -0.1) is 0 Å². The van der Waals surface area contributed by atoms with E-state index in [1.54, 1.807) is 18.2 Å². The van der Waals surface area contributed by atoms with Crippen molar-refractivity contribution < 1.29 is 8.78 Å². The van der Waals surface area contributed by atoms with Crippen LogP contribution in [-0.4, -0.2) is 6.54 Å². The summed E-state index contributed by atoms with van der Waals surface area (Å²) in [4.78, 5) is 0. The second kappa shape index (κ2) is 7.21. The van der Waals surface area contributed by atoms with Crippen LogP contribution < -0.4 is 5.32 Å². The third-order valence-electron chi connectivity index (χ3n) is 3.09. The molecule has 2 aromatic rings. The molecule has 0 amide bonds. The molecule has 0 aromatic heterocycles. The molecule has 0 saturated carbocycles. The first-order chi connectivity index (χ1) is 10.0. The van der Waals surface area contributed by atoms with E-state index in [-0.39, 0.29) is 5.56 Å². The van der Waals surface area contributed by atoms with Crippen LogP contribution in [0.4, 0.5) is 8.78 Å². The van der Waals surface area contributed by atoms with Crippen LogP contribution >= 0.6 is 23.2 Å². The molecule has 0 spiro atoms. The lowest BCUT2D eigenvalue weighted by Gasteiger charge is -2.21. The second-order valence-corrected chi connectivity index (χ2v) is 5.63. The van der Waals surface area contributed by atoms with E-state index in [2.05, 4.69) is 5.32 Å². The molecule has 0 aliphatic heterocycles. The van der Waals surface area contributed by atoms with Gasteiger partial charge in [0.15, 0.2) is 0 Å². The molecule has 1 unspecified atom stereocenters. The van der Waals surface area contributed by atoms with Crippen molar-refractivity contribution in [2.45, 2.75) is 19.4 Å². The summed E-state index contributed by atoms with van der Waals surface area (Å²) >= 11 is 12.0. The Morgan fingerprint density at radius 1 is 1.05 bits per heavy atom. The second-order valence-electron chi connectivity index (χ2n) is 4.76. The zero-order valence-electron chi connectivity index (χ0n) is 11.5. The molecule has 0 radical (unpaired) electrons. The summed E-state index contributed by atoms with van der Waals surface area (Å²) in [5.41, 5.74) is 0.937. The summed E-state index contributed by atoms with van der Waals surface area (Å²) in [6.07, 6.45) is 0.863. The van der Waals surface area contributed by atoms with Gasteiger partial charge < -0.3 is 5.32 Å². The first-order valence-corrected chi connectivity index (χ1v) is 7.41. The fraction of sp³-hybridized carbons (Fsp3) is 0.250. The highest BCUT2D eigenvalue weighted by atomic mass is 35.5. The molecule has 0 aliphatic rings. The average molecular weight is 330 g/mol. The molecule has 5 heteroatoms. The lowest BCUT2D eigenvalue weighted by Crippen LogP contribution is -2.24. The van der Waals surface area contributed by atoms with Gasteiger partial charge in [0.1, 0.15) is 11.6 Å². The zero-order valence-corrected chi connectivity index (χ0v) is 13.0. The van der Waals surface area contributed by atoms with Crippen LogP contribution in [0, 0.1) is 11.6 Å². The Balaban J connectivity index is 2.49. The van der Waals surface area contributed by atoms with E-state index in [4.69, 9.17) is 23.2 Å².